The van der Waals surface area contributed by atoms with Gasteiger partial charge in [-0.05, 0) is 24.8 Å². The number of fused-ring (bicyclic) bond motifs is 1. The van der Waals surface area contributed by atoms with Crippen molar-refractivity contribution in [3.05, 3.63) is 24.4 Å². The minimum atomic E-state index is 1.00. The smallest absolute Gasteiger partial charge is 0.0693 e. The first kappa shape index (κ1) is 9.59. The Labute approximate surface area is 88.3 Å². The summed E-state index contributed by atoms with van der Waals surface area (Å²) in [7, 11) is 0. The number of benzene rings is 1. The first-order valence-corrected chi connectivity index (χ1v) is 6.07. The van der Waals surface area contributed by atoms with Crippen molar-refractivity contribution in [2.45, 2.75) is 24.8 Å². The lowest BCUT2D eigenvalue weighted by molar-refractivity contribution is 0.622. The van der Waals surface area contributed by atoms with Crippen molar-refractivity contribution in [2.75, 3.05) is 6.26 Å². The Hall–Kier alpha value is -0.960. The van der Waals surface area contributed by atoms with Crippen LogP contribution in [0.3, 0.4) is 0 Å². The van der Waals surface area contributed by atoms with E-state index in [4.69, 9.17) is 0 Å². The van der Waals surface area contributed by atoms with E-state index in [1.165, 1.54) is 15.8 Å². The Balaban J connectivity index is 2.52. The zero-order valence-electron chi connectivity index (χ0n) is 8.53. The maximum Gasteiger partial charge on any atom is 0.0693 e. The van der Waals surface area contributed by atoms with Gasteiger partial charge in [-0.2, -0.15) is 5.10 Å². The molecule has 0 aliphatic heterocycles. The molecule has 0 aliphatic rings. The van der Waals surface area contributed by atoms with Gasteiger partial charge < -0.3 is 0 Å². The van der Waals surface area contributed by atoms with Gasteiger partial charge >= 0.3 is 0 Å². The molecule has 0 bridgehead atoms. The number of thioether (sulfide) groups is 1. The number of aryl methyl sites for hydroxylation is 1. The van der Waals surface area contributed by atoms with Crippen molar-refractivity contribution in [2.24, 2.45) is 0 Å². The molecule has 1 aromatic heterocycles. The number of hydrogen-bond acceptors (Lipinski definition) is 2. The second-order valence-corrected chi connectivity index (χ2v) is 4.17. The zero-order chi connectivity index (χ0) is 9.97. The van der Waals surface area contributed by atoms with Crippen LogP contribution in [0.1, 0.15) is 13.3 Å². The molecule has 14 heavy (non-hydrogen) atoms. The molecule has 74 valence electrons. The Morgan fingerprint density at radius 3 is 3.00 bits per heavy atom. The highest BCUT2D eigenvalue weighted by Gasteiger charge is 2.02. The molecule has 1 aromatic carbocycles. The third-order valence-electron chi connectivity index (χ3n) is 2.29. The monoisotopic (exact) mass is 206 g/mol. The fraction of sp³-hybridized carbons (Fsp3) is 0.364. The lowest BCUT2D eigenvalue weighted by atomic mass is 10.2. The van der Waals surface area contributed by atoms with Gasteiger partial charge in [-0.25, -0.2) is 0 Å². The van der Waals surface area contributed by atoms with Gasteiger partial charge in [0.15, 0.2) is 0 Å². The summed E-state index contributed by atoms with van der Waals surface area (Å²) in [6.07, 6.45) is 5.16. The Morgan fingerprint density at radius 1 is 1.43 bits per heavy atom. The molecule has 0 N–H and O–H groups in total. The van der Waals surface area contributed by atoms with E-state index >= 15 is 0 Å². The van der Waals surface area contributed by atoms with Crippen LogP contribution in [-0.2, 0) is 6.54 Å². The second-order valence-electron chi connectivity index (χ2n) is 3.29. The van der Waals surface area contributed by atoms with E-state index < -0.39 is 0 Å². The first-order chi connectivity index (χ1) is 6.85. The molecule has 0 aliphatic carbocycles. The van der Waals surface area contributed by atoms with Crippen molar-refractivity contribution < 1.29 is 0 Å². The molecule has 0 unspecified atom stereocenters. The van der Waals surface area contributed by atoms with Crippen LogP contribution < -0.4 is 0 Å². The van der Waals surface area contributed by atoms with Crippen molar-refractivity contribution in [1.82, 2.24) is 9.78 Å². The molecule has 1 heterocycles. The van der Waals surface area contributed by atoms with Crippen LogP contribution in [0.2, 0.25) is 0 Å². The molecule has 0 amide bonds. The van der Waals surface area contributed by atoms with Gasteiger partial charge in [0.2, 0.25) is 0 Å². The second kappa shape index (κ2) is 4.05. The van der Waals surface area contributed by atoms with Crippen LogP contribution in [0.15, 0.2) is 29.3 Å². The quantitative estimate of drug-likeness (QED) is 0.718. The van der Waals surface area contributed by atoms with Gasteiger partial charge in [-0.1, -0.05) is 13.0 Å². The highest BCUT2D eigenvalue weighted by Crippen LogP contribution is 2.21. The molecule has 0 saturated heterocycles. The number of nitrogens with zero attached hydrogens (tertiary/aromatic N) is 2. The topological polar surface area (TPSA) is 17.8 Å². The summed E-state index contributed by atoms with van der Waals surface area (Å²) in [5, 5.41) is 5.60. The van der Waals surface area contributed by atoms with Crippen molar-refractivity contribution in [3.63, 3.8) is 0 Å². The van der Waals surface area contributed by atoms with Gasteiger partial charge in [0.25, 0.3) is 0 Å². The maximum atomic E-state index is 4.37. The largest absolute Gasteiger partial charge is 0.265 e. The maximum absolute atomic E-state index is 4.37. The van der Waals surface area contributed by atoms with Crippen LogP contribution in [0.5, 0.6) is 0 Å². The lowest BCUT2D eigenvalue weighted by Gasteiger charge is -2.01. The van der Waals surface area contributed by atoms with E-state index in [2.05, 4.69) is 41.2 Å². The predicted octanol–water partition coefficient (Wildman–Crippen LogP) is 3.17. The minimum Gasteiger partial charge on any atom is -0.265 e. The third-order valence-corrected chi connectivity index (χ3v) is 3.01. The fourth-order valence-corrected chi connectivity index (χ4v) is 2.00. The standard InChI is InChI=1S/C11H14N2S/c1-3-6-13-11-7-10(14-2)5-4-9(11)8-12-13/h4-5,7-8H,3,6H2,1-2H3. The van der Waals surface area contributed by atoms with Crippen molar-refractivity contribution >= 4 is 22.7 Å². The van der Waals surface area contributed by atoms with E-state index in [0.29, 0.717) is 0 Å². The highest BCUT2D eigenvalue weighted by molar-refractivity contribution is 7.98. The van der Waals surface area contributed by atoms with Crippen LogP contribution >= 0.6 is 11.8 Å². The van der Waals surface area contributed by atoms with Gasteiger partial charge in [0.05, 0.1) is 11.7 Å². The van der Waals surface area contributed by atoms with Crippen LogP contribution in [-0.4, -0.2) is 16.0 Å². The number of aromatic nitrogens is 2. The average molecular weight is 206 g/mol. The van der Waals surface area contributed by atoms with Crippen LogP contribution in [0, 0.1) is 0 Å². The molecule has 0 saturated carbocycles. The Bertz CT molecular complexity index is 434. The predicted molar refractivity (Wildman–Crippen MR) is 61.8 cm³/mol. The molecule has 0 radical (unpaired) electrons. The van der Waals surface area contributed by atoms with E-state index in [9.17, 15) is 0 Å². The third kappa shape index (κ3) is 1.64. The van der Waals surface area contributed by atoms with Gasteiger partial charge in [0, 0.05) is 16.8 Å². The molecule has 2 rings (SSSR count). The van der Waals surface area contributed by atoms with Crippen molar-refractivity contribution in [3.8, 4) is 0 Å². The summed E-state index contributed by atoms with van der Waals surface area (Å²) in [4.78, 5) is 1.30. The molecule has 2 aromatic rings. The summed E-state index contributed by atoms with van der Waals surface area (Å²) >= 11 is 1.77. The highest BCUT2D eigenvalue weighted by atomic mass is 32.2. The van der Waals surface area contributed by atoms with Gasteiger partial charge in [-0.15, -0.1) is 11.8 Å². The van der Waals surface area contributed by atoms with Crippen molar-refractivity contribution in [1.29, 1.82) is 0 Å². The summed E-state index contributed by atoms with van der Waals surface area (Å²) < 4.78 is 2.08. The Morgan fingerprint density at radius 2 is 2.29 bits per heavy atom. The molecule has 2 nitrogen and oxygen atoms in total. The molecular weight excluding hydrogens is 192 g/mol. The van der Waals surface area contributed by atoms with E-state index in [-0.39, 0.29) is 0 Å². The molecule has 0 atom stereocenters. The number of hydrogen-bond donors (Lipinski definition) is 0. The molecule has 0 spiro atoms. The van der Waals surface area contributed by atoms with E-state index in [1.54, 1.807) is 11.8 Å². The van der Waals surface area contributed by atoms with Crippen LogP contribution in [0.25, 0.3) is 10.9 Å². The normalized spacial score (nSPS) is 11.0. The average Bonchev–Trinajstić information content (AvgIpc) is 2.61. The number of rotatable bonds is 3. The molecule has 3 heteroatoms. The van der Waals surface area contributed by atoms with E-state index in [1.807, 2.05) is 6.20 Å². The van der Waals surface area contributed by atoms with E-state index in [0.717, 1.165) is 13.0 Å². The lowest BCUT2D eigenvalue weighted by Crippen LogP contribution is -1.97. The summed E-state index contributed by atoms with van der Waals surface area (Å²) in [6, 6.07) is 6.49. The Kier molecular flexibility index (Phi) is 2.77. The zero-order valence-corrected chi connectivity index (χ0v) is 9.34. The fourth-order valence-electron chi connectivity index (χ4n) is 1.57. The molecular formula is C11H14N2S. The molecule has 0 fully saturated rings. The summed E-state index contributed by atoms with van der Waals surface area (Å²) in [5.74, 6) is 0. The first-order valence-electron chi connectivity index (χ1n) is 4.84. The SMILES string of the molecule is CCCn1ncc2ccc(SC)cc21. The minimum absolute atomic E-state index is 1.00. The van der Waals surface area contributed by atoms with Gasteiger partial charge in [-0.3, -0.25) is 4.68 Å². The van der Waals surface area contributed by atoms with Gasteiger partial charge in [0.1, 0.15) is 0 Å². The van der Waals surface area contributed by atoms with Crippen LogP contribution in [0.4, 0.5) is 0 Å². The summed E-state index contributed by atoms with van der Waals surface area (Å²) in [5.41, 5.74) is 1.25. The summed E-state index contributed by atoms with van der Waals surface area (Å²) in [6.45, 7) is 3.17.